The van der Waals surface area contributed by atoms with Crippen LogP contribution in [0.2, 0.25) is 0 Å². The third-order valence-corrected chi connectivity index (χ3v) is 3.44. The van der Waals surface area contributed by atoms with Crippen molar-refractivity contribution in [2.45, 2.75) is 32.1 Å². The molecule has 0 bridgehead atoms. The van der Waals surface area contributed by atoms with Crippen molar-refractivity contribution in [1.29, 1.82) is 0 Å². The highest BCUT2D eigenvalue weighted by atomic mass is 19.1. The minimum atomic E-state index is -0.251. The number of hydrogen-bond donors (Lipinski definition) is 0. The molecule has 0 spiro atoms. The molecule has 1 atom stereocenters. The molecule has 1 aliphatic rings. The van der Waals surface area contributed by atoms with E-state index in [1.165, 1.54) is 12.1 Å². The third-order valence-electron chi connectivity index (χ3n) is 3.44. The molecule has 0 aromatic heterocycles. The molecule has 17 heavy (non-hydrogen) atoms. The number of methoxy groups -OCH3 is 1. The van der Waals surface area contributed by atoms with E-state index < -0.39 is 0 Å². The second kappa shape index (κ2) is 5.30. The number of aryl methyl sites for hydroxylation is 1. The summed E-state index contributed by atoms with van der Waals surface area (Å²) in [6.07, 6.45) is 4.21. The largest absolute Gasteiger partial charge is 0.496 e. The summed E-state index contributed by atoms with van der Waals surface area (Å²) in [5.41, 5.74) is 0.854. The van der Waals surface area contributed by atoms with Crippen molar-refractivity contribution in [3.05, 3.63) is 29.6 Å². The number of carbonyl (C=O) groups is 1. The number of ketones is 1. The number of benzene rings is 1. The Bertz CT molecular complexity index is 415. The van der Waals surface area contributed by atoms with Gasteiger partial charge in [-0.1, -0.05) is 0 Å². The van der Waals surface area contributed by atoms with Crippen LogP contribution < -0.4 is 4.74 Å². The number of rotatable bonds is 4. The van der Waals surface area contributed by atoms with Gasteiger partial charge in [0.15, 0.2) is 0 Å². The second-order valence-corrected chi connectivity index (χ2v) is 4.55. The van der Waals surface area contributed by atoms with E-state index in [2.05, 4.69) is 0 Å². The lowest BCUT2D eigenvalue weighted by Crippen LogP contribution is -2.07. The molecule has 0 saturated heterocycles. The third kappa shape index (κ3) is 2.84. The summed E-state index contributed by atoms with van der Waals surface area (Å²) >= 11 is 0. The van der Waals surface area contributed by atoms with Crippen LogP contribution in [0.5, 0.6) is 5.75 Å². The van der Waals surface area contributed by atoms with Crippen molar-refractivity contribution in [2.75, 3.05) is 7.11 Å². The highest BCUT2D eigenvalue weighted by Gasteiger charge is 2.24. The van der Waals surface area contributed by atoms with Crippen molar-refractivity contribution >= 4 is 5.78 Å². The van der Waals surface area contributed by atoms with Crippen LogP contribution in [0.15, 0.2) is 18.2 Å². The topological polar surface area (TPSA) is 26.3 Å². The number of Topliss-reactive ketones (excluding diaryl/α,β-unsaturated/α-hetero) is 1. The Morgan fingerprint density at radius 1 is 1.47 bits per heavy atom. The van der Waals surface area contributed by atoms with Crippen LogP contribution in [0.3, 0.4) is 0 Å². The molecule has 1 fully saturated rings. The molecule has 0 amide bonds. The Morgan fingerprint density at radius 3 is 2.94 bits per heavy atom. The highest BCUT2D eigenvalue weighted by molar-refractivity contribution is 5.82. The molecule has 0 aliphatic heterocycles. The molecular weight excluding hydrogens is 219 g/mol. The molecule has 1 aromatic rings. The van der Waals surface area contributed by atoms with Crippen LogP contribution in [-0.4, -0.2) is 12.9 Å². The van der Waals surface area contributed by atoms with Crippen molar-refractivity contribution in [3.63, 3.8) is 0 Å². The van der Waals surface area contributed by atoms with Gasteiger partial charge in [0, 0.05) is 12.3 Å². The van der Waals surface area contributed by atoms with Gasteiger partial charge in [-0.05, 0) is 49.4 Å². The predicted molar refractivity (Wildman–Crippen MR) is 63.6 cm³/mol. The number of hydrogen-bond acceptors (Lipinski definition) is 2. The molecule has 1 unspecified atom stereocenters. The Labute approximate surface area is 101 Å². The maximum Gasteiger partial charge on any atom is 0.135 e. The fraction of sp³-hybridized carbons (Fsp3) is 0.500. The van der Waals surface area contributed by atoms with Gasteiger partial charge < -0.3 is 4.74 Å². The number of ether oxygens (including phenoxy) is 1. The molecule has 2 nitrogen and oxygen atoms in total. The monoisotopic (exact) mass is 236 g/mol. The summed E-state index contributed by atoms with van der Waals surface area (Å²) < 4.78 is 18.3. The fourth-order valence-corrected chi connectivity index (χ4v) is 2.47. The smallest absolute Gasteiger partial charge is 0.135 e. The first kappa shape index (κ1) is 12.1. The van der Waals surface area contributed by atoms with Crippen LogP contribution in [0.25, 0.3) is 0 Å². The minimum Gasteiger partial charge on any atom is -0.496 e. The van der Waals surface area contributed by atoms with Gasteiger partial charge in [-0.25, -0.2) is 4.39 Å². The molecule has 2 rings (SSSR count). The normalized spacial score (nSPS) is 19.6. The van der Waals surface area contributed by atoms with E-state index in [1.807, 2.05) is 0 Å². The summed E-state index contributed by atoms with van der Waals surface area (Å²) in [6, 6.07) is 4.53. The molecule has 1 aromatic carbocycles. The Balaban J connectivity index is 2.02. The van der Waals surface area contributed by atoms with Gasteiger partial charge >= 0.3 is 0 Å². The Kier molecular flexibility index (Phi) is 3.77. The standard InChI is InChI=1S/C14H17FO2/c1-17-14-8-7-12(15)9-11(14)6-5-10-3-2-4-13(10)16/h7-10H,2-6H2,1H3. The van der Waals surface area contributed by atoms with Gasteiger partial charge in [0.1, 0.15) is 17.3 Å². The molecule has 3 heteroatoms. The fourth-order valence-electron chi connectivity index (χ4n) is 2.47. The summed E-state index contributed by atoms with van der Waals surface area (Å²) in [5, 5.41) is 0. The van der Waals surface area contributed by atoms with Crippen molar-refractivity contribution in [1.82, 2.24) is 0 Å². The van der Waals surface area contributed by atoms with E-state index in [4.69, 9.17) is 4.74 Å². The van der Waals surface area contributed by atoms with Gasteiger partial charge in [0.25, 0.3) is 0 Å². The Morgan fingerprint density at radius 2 is 2.29 bits per heavy atom. The van der Waals surface area contributed by atoms with Gasteiger partial charge in [0.05, 0.1) is 7.11 Å². The lowest BCUT2D eigenvalue weighted by molar-refractivity contribution is -0.120. The quantitative estimate of drug-likeness (QED) is 0.802. The van der Waals surface area contributed by atoms with Gasteiger partial charge in [-0.2, -0.15) is 0 Å². The van der Waals surface area contributed by atoms with Crippen molar-refractivity contribution in [2.24, 2.45) is 5.92 Å². The molecule has 0 N–H and O–H groups in total. The second-order valence-electron chi connectivity index (χ2n) is 4.55. The van der Waals surface area contributed by atoms with E-state index in [0.29, 0.717) is 24.4 Å². The van der Waals surface area contributed by atoms with Crippen LogP contribution in [0.1, 0.15) is 31.2 Å². The molecule has 92 valence electrons. The molecular formula is C14H17FO2. The van der Waals surface area contributed by atoms with Gasteiger partial charge in [0.2, 0.25) is 0 Å². The summed E-state index contributed by atoms with van der Waals surface area (Å²) in [7, 11) is 1.58. The average molecular weight is 236 g/mol. The molecule has 0 radical (unpaired) electrons. The molecule has 1 aliphatic carbocycles. The molecule has 1 saturated carbocycles. The summed E-state index contributed by atoms with van der Waals surface area (Å²) in [6.45, 7) is 0. The van der Waals surface area contributed by atoms with Crippen molar-refractivity contribution in [3.8, 4) is 5.75 Å². The van der Waals surface area contributed by atoms with E-state index in [-0.39, 0.29) is 11.7 Å². The van der Waals surface area contributed by atoms with E-state index in [0.717, 1.165) is 24.8 Å². The van der Waals surface area contributed by atoms with Gasteiger partial charge in [-0.3, -0.25) is 4.79 Å². The first-order chi connectivity index (χ1) is 8.20. The van der Waals surface area contributed by atoms with Crippen molar-refractivity contribution < 1.29 is 13.9 Å². The van der Waals surface area contributed by atoms with E-state index >= 15 is 0 Å². The lowest BCUT2D eigenvalue weighted by Gasteiger charge is -2.11. The SMILES string of the molecule is COc1ccc(F)cc1CCC1CCCC1=O. The zero-order valence-electron chi connectivity index (χ0n) is 10.0. The zero-order valence-corrected chi connectivity index (χ0v) is 10.0. The molecule has 0 heterocycles. The summed E-state index contributed by atoms with van der Waals surface area (Å²) in [5.74, 6) is 0.985. The first-order valence-corrected chi connectivity index (χ1v) is 6.06. The average Bonchev–Trinajstić information content (AvgIpc) is 2.72. The zero-order chi connectivity index (χ0) is 12.3. The maximum atomic E-state index is 13.1. The van der Waals surface area contributed by atoms with Crippen LogP contribution in [0, 0.1) is 11.7 Å². The maximum absolute atomic E-state index is 13.1. The summed E-state index contributed by atoms with van der Waals surface area (Å²) in [4.78, 5) is 11.5. The van der Waals surface area contributed by atoms with E-state index in [1.54, 1.807) is 13.2 Å². The highest BCUT2D eigenvalue weighted by Crippen LogP contribution is 2.28. The van der Waals surface area contributed by atoms with Crippen LogP contribution >= 0.6 is 0 Å². The van der Waals surface area contributed by atoms with Crippen LogP contribution in [0.4, 0.5) is 4.39 Å². The van der Waals surface area contributed by atoms with Crippen LogP contribution in [-0.2, 0) is 11.2 Å². The predicted octanol–water partition coefficient (Wildman–Crippen LogP) is 3.14. The minimum absolute atomic E-state index is 0.169. The lowest BCUT2D eigenvalue weighted by atomic mass is 9.97. The first-order valence-electron chi connectivity index (χ1n) is 6.06. The van der Waals surface area contributed by atoms with E-state index in [9.17, 15) is 9.18 Å². The number of carbonyl (C=O) groups excluding carboxylic acids is 1. The van der Waals surface area contributed by atoms with Gasteiger partial charge in [-0.15, -0.1) is 0 Å². The Hall–Kier alpha value is -1.38. The number of halogens is 1.